The molecule has 5 nitrogen and oxygen atoms in total. The molecule has 1 aliphatic heterocycles. The Bertz CT molecular complexity index is 942. The average molecular weight is 359 g/mol. The number of rotatable bonds is 4. The number of nitrogens with one attached hydrogen (secondary N) is 2. The van der Waals surface area contributed by atoms with Crippen LogP contribution in [0.2, 0.25) is 0 Å². The normalized spacial score (nSPS) is 13.6. The molecule has 0 radical (unpaired) electrons. The predicted molar refractivity (Wildman–Crippen MR) is 106 cm³/mol. The van der Waals surface area contributed by atoms with Crippen LogP contribution < -0.4 is 5.32 Å². The van der Waals surface area contributed by atoms with Crippen molar-refractivity contribution in [2.75, 3.05) is 18.4 Å². The maximum atomic E-state index is 13.0. The van der Waals surface area contributed by atoms with E-state index in [4.69, 9.17) is 0 Å². The van der Waals surface area contributed by atoms with Crippen molar-refractivity contribution >= 4 is 17.6 Å². The Morgan fingerprint density at radius 3 is 2.19 bits per heavy atom. The van der Waals surface area contributed by atoms with Crippen molar-refractivity contribution in [2.24, 2.45) is 0 Å². The van der Waals surface area contributed by atoms with Gasteiger partial charge in [0.1, 0.15) is 5.82 Å². The van der Waals surface area contributed by atoms with E-state index in [1.807, 2.05) is 59.5 Å². The zero-order valence-electron chi connectivity index (χ0n) is 14.9. The molecule has 4 rings (SSSR count). The molecular formula is C22H21N3O2. The molecular weight excluding hydrogens is 338 g/mol. The van der Waals surface area contributed by atoms with Crippen LogP contribution in [0.4, 0.5) is 5.82 Å². The number of hydrogen-bond acceptors (Lipinski definition) is 2. The highest BCUT2D eigenvalue weighted by Gasteiger charge is 2.25. The molecule has 0 saturated carbocycles. The monoisotopic (exact) mass is 359 g/mol. The average Bonchev–Trinajstić information content (AvgIpc) is 3.39. The standard InChI is InChI=1S/C22H21N3O2/c26-21(17-11-5-2-6-12-17)24-20-18(22(27)25-13-7-8-14-25)15-19(23-20)16-9-3-1-4-10-16/h1-6,9-12,15,23H,7-8,13-14H2,(H,24,26). The van der Waals surface area contributed by atoms with E-state index in [1.54, 1.807) is 12.1 Å². The molecule has 27 heavy (non-hydrogen) atoms. The van der Waals surface area contributed by atoms with E-state index in [0.29, 0.717) is 16.9 Å². The number of aromatic amines is 1. The number of aromatic nitrogens is 1. The Balaban J connectivity index is 1.68. The molecule has 1 fully saturated rings. The summed E-state index contributed by atoms with van der Waals surface area (Å²) in [5.41, 5.74) is 2.82. The van der Waals surface area contributed by atoms with Crippen molar-refractivity contribution in [3.05, 3.63) is 77.9 Å². The summed E-state index contributed by atoms with van der Waals surface area (Å²) in [4.78, 5) is 30.7. The van der Waals surface area contributed by atoms with Gasteiger partial charge in [0.25, 0.3) is 11.8 Å². The van der Waals surface area contributed by atoms with E-state index in [9.17, 15) is 9.59 Å². The lowest BCUT2D eigenvalue weighted by atomic mass is 10.1. The van der Waals surface area contributed by atoms with Crippen LogP contribution in [-0.4, -0.2) is 34.8 Å². The van der Waals surface area contributed by atoms with Crippen LogP contribution >= 0.6 is 0 Å². The number of carbonyl (C=O) groups excluding carboxylic acids is 2. The molecule has 5 heteroatoms. The number of hydrogen-bond donors (Lipinski definition) is 2. The molecule has 136 valence electrons. The van der Waals surface area contributed by atoms with Gasteiger partial charge in [-0.15, -0.1) is 0 Å². The molecule has 0 spiro atoms. The van der Waals surface area contributed by atoms with Gasteiger partial charge in [0.15, 0.2) is 0 Å². The molecule has 0 atom stereocenters. The number of likely N-dealkylation sites (tertiary alicyclic amines) is 1. The predicted octanol–water partition coefficient (Wildman–Crippen LogP) is 4.17. The first kappa shape index (κ1) is 17.1. The molecule has 3 aromatic rings. The van der Waals surface area contributed by atoms with E-state index in [0.717, 1.165) is 37.2 Å². The van der Waals surface area contributed by atoms with E-state index >= 15 is 0 Å². The minimum Gasteiger partial charge on any atom is -0.341 e. The summed E-state index contributed by atoms with van der Waals surface area (Å²) in [6.45, 7) is 1.52. The van der Waals surface area contributed by atoms with Gasteiger partial charge in [-0.25, -0.2) is 0 Å². The largest absolute Gasteiger partial charge is 0.341 e. The van der Waals surface area contributed by atoms with Crippen LogP contribution in [0.1, 0.15) is 33.6 Å². The van der Waals surface area contributed by atoms with Crippen molar-refractivity contribution in [1.82, 2.24) is 9.88 Å². The van der Waals surface area contributed by atoms with Crippen molar-refractivity contribution in [2.45, 2.75) is 12.8 Å². The highest BCUT2D eigenvalue weighted by molar-refractivity contribution is 6.09. The third-order valence-corrected chi connectivity index (χ3v) is 4.80. The highest BCUT2D eigenvalue weighted by Crippen LogP contribution is 2.27. The van der Waals surface area contributed by atoms with Gasteiger partial charge in [-0.1, -0.05) is 48.5 Å². The topological polar surface area (TPSA) is 65.2 Å². The first-order chi connectivity index (χ1) is 13.2. The maximum Gasteiger partial charge on any atom is 0.257 e. The number of amides is 2. The lowest BCUT2D eigenvalue weighted by molar-refractivity contribution is 0.0794. The SMILES string of the molecule is O=C(Nc1[nH]c(-c2ccccc2)cc1C(=O)N1CCCC1)c1ccccc1. The molecule has 1 saturated heterocycles. The van der Waals surface area contributed by atoms with Gasteiger partial charge in [0.2, 0.25) is 0 Å². The molecule has 1 aromatic heterocycles. The summed E-state index contributed by atoms with van der Waals surface area (Å²) in [6.07, 6.45) is 2.04. The molecule has 0 aliphatic carbocycles. The zero-order valence-corrected chi connectivity index (χ0v) is 14.9. The quantitative estimate of drug-likeness (QED) is 0.734. The summed E-state index contributed by atoms with van der Waals surface area (Å²) >= 11 is 0. The highest BCUT2D eigenvalue weighted by atomic mass is 16.2. The van der Waals surface area contributed by atoms with Gasteiger partial charge < -0.3 is 15.2 Å². The lowest BCUT2D eigenvalue weighted by Gasteiger charge is -2.15. The van der Waals surface area contributed by atoms with Crippen LogP contribution in [0, 0.1) is 0 Å². The van der Waals surface area contributed by atoms with Gasteiger partial charge in [-0.05, 0) is 36.6 Å². The molecule has 2 aromatic carbocycles. The van der Waals surface area contributed by atoms with Crippen molar-refractivity contribution < 1.29 is 9.59 Å². The smallest absolute Gasteiger partial charge is 0.257 e. The fourth-order valence-corrected chi connectivity index (χ4v) is 3.36. The Labute approximate surface area is 158 Å². The van der Waals surface area contributed by atoms with E-state index < -0.39 is 0 Å². The third-order valence-electron chi connectivity index (χ3n) is 4.80. The molecule has 2 N–H and O–H groups in total. The molecule has 2 heterocycles. The number of benzene rings is 2. The van der Waals surface area contributed by atoms with Crippen LogP contribution in [-0.2, 0) is 0 Å². The molecule has 1 aliphatic rings. The fourth-order valence-electron chi connectivity index (χ4n) is 3.36. The summed E-state index contributed by atoms with van der Waals surface area (Å²) < 4.78 is 0. The Hall–Kier alpha value is -3.34. The number of anilines is 1. The van der Waals surface area contributed by atoms with Crippen LogP contribution in [0.5, 0.6) is 0 Å². The summed E-state index contributed by atoms with van der Waals surface area (Å²) in [5.74, 6) is 0.154. The molecule has 2 amide bonds. The fraction of sp³-hybridized carbons (Fsp3) is 0.182. The van der Waals surface area contributed by atoms with Crippen molar-refractivity contribution in [1.29, 1.82) is 0 Å². The number of nitrogens with zero attached hydrogens (tertiary/aromatic N) is 1. The zero-order chi connectivity index (χ0) is 18.6. The second-order valence-electron chi connectivity index (χ2n) is 6.66. The molecule has 0 unspecified atom stereocenters. The van der Waals surface area contributed by atoms with Crippen molar-refractivity contribution in [3.8, 4) is 11.3 Å². The van der Waals surface area contributed by atoms with Gasteiger partial charge >= 0.3 is 0 Å². The second kappa shape index (κ2) is 7.50. The van der Waals surface area contributed by atoms with Gasteiger partial charge in [0.05, 0.1) is 5.56 Å². The summed E-state index contributed by atoms with van der Waals surface area (Å²) in [5, 5.41) is 2.88. The number of carbonyl (C=O) groups is 2. The Morgan fingerprint density at radius 2 is 1.52 bits per heavy atom. The minimum atomic E-state index is -0.243. The van der Waals surface area contributed by atoms with E-state index in [1.165, 1.54) is 0 Å². The first-order valence-corrected chi connectivity index (χ1v) is 9.16. The van der Waals surface area contributed by atoms with E-state index in [2.05, 4.69) is 10.3 Å². The van der Waals surface area contributed by atoms with Gasteiger partial charge in [-0.3, -0.25) is 9.59 Å². The van der Waals surface area contributed by atoms with Crippen LogP contribution in [0.25, 0.3) is 11.3 Å². The lowest BCUT2D eigenvalue weighted by Crippen LogP contribution is -2.28. The minimum absolute atomic E-state index is 0.0470. The van der Waals surface area contributed by atoms with Gasteiger partial charge in [-0.2, -0.15) is 0 Å². The van der Waals surface area contributed by atoms with Crippen LogP contribution in [0.15, 0.2) is 66.7 Å². The van der Waals surface area contributed by atoms with Crippen molar-refractivity contribution in [3.63, 3.8) is 0 Å². The first-order valence-electron chi connectivity index (χ1n) is 9.16. The Morgan fingerprint density at radius 1 is 0.889 bits per heavy atom. The van der Waals surface area contributed by atoms with Crippen LogP contribution in [0.3, 0.4) is 0 Å². The summed E-state index contributed by atoms with van der Waals surface area (Å²) in [7, 11) is 0. The Kier molecular flexibility index (Phi) is 4.75. The number of H-pyrrole nitrogens is 1. The van der Waals surface area contributed by atoms with E-state index in [-0.39, 0.29) is 11.8 Å². The second-order valence-corrected chi connectivity index (χ2v) is 6.66. The molecule has 0 bridgehead atoms. The maximum absolute atomic E-state index is 13.0. The third kappa shape index (κ3) is 3.62. The summed E-state index contributed by atoms with van der Waals surface area (Å²) in [6, 6.07) is 20.6. The van der Waals surface area contributed by atoms with Gasteiger partial charge in [0, 0.05) is 24.3 Å².